The van der Waals surface area contributed by atoms with E-state index in [0.29, 0.717) is 12.1 Å². The molecule has 0 aliphatic carbocycles. The lowest BCUT2D eigenvalue weighted by molar-refractivity contribution is -0.135. The van der Waals surface area contributed by atoms with Crippen LogP contribution in [0.4, 0.5) is 5.69 Å². The van der Waals surface area contributed by atoms with Crippen molar-refractivity contribution in [3.05, 3.63) is 35.5 Å². The van der Waals surface area contributed by atoms with Gasteiger partial charge in [-0.1, -0.05) is 0 Å². The smallest absolute Gasteiger partial charge is 0.322 e. The number of nitrogens with two attached hydrogens (primary N) is 1. The Kier molecular flexibility index (Phi) is 5.47. The van der Waals surface area contributed by atoms with Crippen LogP contribution in [0.1, 0.15) is 30.0 Å². The number of fused-ring (bicyclic) bond motifs is 1. The third kappa shape index (κ3) is 4.28. The summed E-state index contributed by atoms with van der Waals surface area (Å²) in [5.74, 6) is -1.86. The number of hydrogen-bond acceptors (Lipinski definition) is 5. The number of hydrogen-bond donors (Lipinski definition) is 3. The number of rotatable bonds is 8. The lowest BCUT2D eigenvalue weighted by Crippen LogP contribution is -2.13. The summed E-state index contributed by atoms with van der Waals surface area (Å²) in [7, 11) is 0. The number of primary amides is 1. The Morgan fingerprint density at radius 2 is 2.12 bits per heavy atom. The molecule has 1 aromatic carbocycles. The van der Waals surface area contributed by atoms with Gasteiger partial charge in [-0.25, -0.2) is 0 Å². The van der Waals surface area contributed by atoms with E-state index >= 15 is 0 Å². The molecule has 4 N–H and O–H groups in total. The number of pyridine rings is 1. The number of anilines is 1. The van der Waals surface area contributed by atoms with Crippen LogP contribution in [0.15, 0.2) is 24.3 Å². The number of nitrogens with one attached hydrogen (secondary N) is 1. The normalized spacial score (nSPS) is 11.9. The molecular formula is C17H19N3O4. The van der Waals surface area contributed by atoms with E-state index < -0.39 is 17.8 Å². The minimum atomic E-state index is -0.953. The van der Waals surface area contributed by atoms with E-state index in [9.17, 15) is 14.4 Å². The van der Waals surface area contributed by atoms with Crippen molar-refractivity contribution < 1.29 is 19.5 Å². The number of carboxylic acids is 1. The summed E-state index contributed by atoms with van der Waals surface area (Å²) in [5, 5.41) is 12.3. The highest BCUT2D eigenvalue weighted by molar-refractivity contribution is 5.85. The Hall–Kier alpha value is -2.96. The van der Waals surface area contributed by atoms with Crippen molar-refractivity contribution in [2.75, 3.05) is 11.9 Å². The molecule has 24 heavy (non-hydrogen) atoms. The predicted molar refractivity (Wildman–Crippen MR) is 89.8 cm³/mol. The van der Waals surface area contributed by atoms with Gasteiger partial charge in [-0.15, -0.1) is 0 Å². The molecule has 1 heterocycles. The lowest BCUT2D eigenvalue weighted by atomic mass is 9.93. The van der Waals surface area contributed by atoms with Crippen LogP contribution in [0.2, 0.25) is 0 Å². The number of carbonyl (C=O) groups excluding carboxylic acids is 2. The quantitative estimate of drug-likeness (QED) is 0.632. The maximum absolute atomic E-state index is 11.4. The van der Waals surface area contributed by atoms with Gasteiger partial charge in [-0.05, 0) is 43.2 Å². The first-order valence-electron chi connectivity index (χ1n) is 7.51. The Bertz CT molecular complexity index is 789. The van der Waals surface area contributed by atoms with Gasteiger partial charge in [0.15, 0.2) is 0 Å². The fourth-order valence-corrected chi connectivity index (χ4v) is 2.55. The molecule has 7 heteroatoms. The van der Waals surface area contributed by atoms with Gasteiger partial charge in [0.25, 0.3) is 0 Å². The Morgan fingerprint density at radius 3 is 2.75 bits per heavy atom. The number of carbonyl (C=O) groups is 3. The number of nitrogens with zero attached hydrogens (tertiary/aromatic N) is 1. The Morgan fingerprint density at radius 1 is 1.38 bits per heavy atom. The lowest BCUT2D eigenvalue weighted by Gasteiger charge is -2.14. The molecule has 1 amide bonds. The van der Waals surface area contributed by atoms with Crippen molar-refractivity contribution in [1.29, 1.82) is 0 Å². The Balaban J connectivity index is 2.35. The highest BCUT2D eigenvalue weighted by atomic mass is 16.4. The van der Waals surface area contributed by atoms with Crippen LogP contribution in [-0.4, -0.2) is 34.8 Å². The first-order valence-corrected chi connectivity index (χ1v) is 7.51. The van der Waals surface area contributed by atoms with Crippen LogP contribution in [0.3, 0.4) is 0 Å². The molecule has 0 saturated carbocycles. The highest BCUT2D eigenvalue weighted by Gasteiger charge is 2.16. The topological polar surface area (TPSA) is 122 Å². The second-order valence-corrected chi connectivity index (χ2v) is 5.57. The van der Waals surface area contributed by atoms with Gasteiger partial charge in [0, 0.05) is 29.1 Å². The summed E-state index contributed by atoms with van der Waals surface area (Å²) >= 11 is 0. The summed E-state index contributed by atoms with van der Waals surface area (Å²) in [5.41, 5.74) is 8.02. The number of benzene rings is 1. The summed E-state index contributed by atoms with van der Waals surface area (Å²) in [4.78, 5) is 37.5. The zero-order valence-corrected chi connectivity index (χ0v) is 13.3. The van der Waals surface area contributed by atoms with Gasteiger partial charge in [0.2, 0.25) is 5.91 Å². The maximum Gasteiger partial charge on any atom is 0.322 e. The van der Waals surface area contributed by atoms with E-state index in [2.05, 4.69) is 10.3 Å². The number of aldehydes is 1. The van der Waals surface area contributed by atoms with Crippen molar-refractivity contribution in [3.8, 4) is 0 Å². The van der Waals surface area contributed by atoms with E-state index in [0.717, 1.165) is 28.4 Å². The molecule has 0 radical (unpaired) electrons. The number of aryl methyl sites for hydroxylation is 1. The van der Waals surface area contributed by atoms with Gasteiger partial charge in [0.1, 0.15) is 12.8 Å². The molecular weight excluding hydrogens is 310 g/mol. The molecule has 126 valence electrons. The van der Waals surface area contributed by atoms with Crippen LogP contribution in [0.25, 0.3) is 10.9 Å². The maximum atomic E-state index is 11.4. The fourth-order valence-electron chi connectivity index (χ4n) is 2.55. The molecule has 2 rings (SSSR count). The van der Waals surface area contributed by atoms with Crippen molar-refractivity contribution in [2.24, 2.45) is 5.73 Å². The van der Waals surface area contributed by atoms with Crippen LogP contribution < -0.4 is 11.1 Å². The molecule has 1 unspecified atom stereocenters. The standard InChI is InChI=1S/C17H19N3O4/c1-10-14(11(9-21)2-5-16(18)22)7-12-6-13(19-8-17(23)24)3-4-15(12)20-10/h3-4,6-7,9,11,19H,2,5,8H2,1H3,(H2,18,22)(H,23,24). The third-order valence-corrected chi connectivity index (χ3v) is 3.75. The number of aromatic nitrogens is 1. The molecule has 0 aliphatic heterocycles. The van der Waals surface area contributed by atoms with E-state index in [-0.39, 0.29) is 13.0 Å². The average molecular weight is 329 g/mol. The van der Waals surface area contributed by atoms with Gasteiger partial charge in [-0.2, -0.15) is 0 Å². The van der Waals surface area contributed by atoms with Crippen LogP contribution >= 0.6 is 0 Å². The molecule has 0 fully saturated rings. The zero-order chi connectivity index (χ0) is 17.7. The van der Waals surface area contributed by atoms with Crippen molar-refractivity contribution in [2.45, 2.75) is 25.7 Å². The fraction of sp³-hybridized carbons (Fsp3) is 0.294. The first kappa shape index (κ1) is 17.4. The Labute approximate surface area is 138 Å². The molecule has 1 aromatic heterocycles. The number of amides is 1. The molecule has 1 atom stereocenters. The van der Waals surface area contributed by atoms with E-state index in [4.69, 9.17) is 10.8 Å². The predicted octanol–water partition coefficient (Wildman–Crippen LogP) is 1.59. The van der Waals surface area contributed by atoms with E-state index in [1.165, 1.54) is 0 Å². The molecule has 0 spiro atoms. The zero-order valence-electron chi connectivity index (χ0n) is 13.3. The number of carboxylic acid groups (broad SMARTS) is 1. The molecule has 0 bridgehead atoms. The van der Waals surface area contributed by atoms with E-state index in [1.54, 1.807) is 18.2 Å². The summed E-state index contributed by atoms with van der Waals surface area (Å²) < 4.78 is 0. The van der Waals surface area contributed by atoms with E-state index in [1.807, 2.05) is 13.0 Å². The number of aliphatic carboxylic acids is 1. The molecule has 0 aliphatic rings. The largest absolute Gasteiger partial charge is 0.480 e. The first-order chi connectivity index (χ1) is 11.4. The minimum Gasteiger partial charge on any atom is -0.480 e. The second kappa shape index (κ2) is 7.54. The molecule has 7 nitrogen and oxygen atoms in total. The highest BCUT2D eigenvalue weighted by Crippen LogP contribution is 2.27. The van der Waals surface area contributed by atoms with Crippen LogP contribution in [-0.2, 0) is 14.4 Å². The van der Waals surface area contributed by atoms with Gasteiger partial charge in [-0.3, -0.25) is 14.6 Å². The summed E-state index contributed by atoms with van der Waals surface area (Å²) in [6.45, 7) is 1.62. The average Bonchev–Trinajstić information content (AvgIpc) is 2.53. The van der Waals surface area contributed by atoms with Crippen LogP contribution in [0.5, 0.6) is 0 Å². The summed E-state index contributed by atoms with van der Waals surface area (Å²) in [6, 6.07) is 7.17. The summed E-state index contributed by atoms with van der Waals surface area (Å²) in [6.07, 6.45) is 1.26. The van der Waals surface area contributed by atoms with Gasteiger partial charge < -0.3 is 21.0 Å². The SMILES string of the molecule is Cc1nc2ccc(NCC(=O)O)cc2cc1C(C=O)CCC(N)=O. The minimum absolute atomic E-state index is 0.126. The van der Waals surface area contributed by atoms with Crippen LogP contribution in [0, 0.1) is 6.92 Å². The second-order valence-electron chi connectivity index (χ2n) is 5.57. The monoisotopic (exact) mass is 329 g/mol. The third-order valence-electron chi connectivity index (χ3n) is 3.75. The van der Waals surface area contributed by atoms with Crippen molar-refractivity contribution >= 4 is 34.8 Å². The van der Waals surface area contributed by atoms with Crippen molar-refractivity contribution in [1.82, 2.24) is 4.98 Å². The van der Waals surface area contributed by atoms with Crippen molar-refractivity contribution in [3.63, 3.8) is 0 Å². The van der Waals surface area contributed by atoms with Gasteiger partial charge >= 0.3 is 5.97 Å². The molecule has 2 aromatic rings. The molecule has 0 saturated heterocycles. The van der Waals surface area contributed by atoms with Gasteiger partial charge in [0.05, 0.1) is 5.52 Å².